The SMILES string of the molecule is CCN(CC1CC1)c1snc(N)c1C(=O)OC. The summed E-state index contributed by atoms with van der Waals surface area (Å²) in [7, 11) is 1.36. The fourth-order valence-corrected chi connectivity index (χ4v) is 2.65. The number of nitrogens with zero attached hydrogens (tertiary/aromatic N) is 2. The Morgan fingerprint density at radius 2 is 2.35 bits per heavy atom. The van der Waals surface area contributed by atoms with Gasteiger partial charge in [0.15, 0.2) is 5.82 Å². The Morgan fingerprint density at radius 1 is 1.65 bits per heavy atom. The summed E-state index contributed by atoms with van der Waals surface area (Å²) < 4.78 is 8.81. The number of nitrogen functional groups attached to an aromatic ring is 1. The normalized spacial score (nSPS) is 14.7. The first-order valence-corrected chi connectivity index (χ1v) is 6.53. The zero-order valence-corrected chi connectivity index (χ0v) is 10.9. The lowest BCUT2D eigenvalue weighted by Gasteiger charge is -2.21. The van der Waals surface area contributed by atoms with Gasteiger partial charge in [-0.2, -0.15) is 4.37 Å². The molecule has 94 valence electrons. The van der Waals surface area contributed by atoms with Crippen LogP contribution >= 0.6 is 11.5 Å². The number of esters is 1. The summed E-state index contributed by atoms with van der Waals surface area (Å²) in [6.45, 7) is 3.89. The molecular formula is C11H17N3O2S. The number of carbonyl (C=O) groups excluding carboxylic acids is 1. The highest BCUT2D eigenvalue weighted by Crippen LogP contribution is 2.36. The number of hydrogen-bond donors (Lipinski definition) is 1. The molecule has 17 heavy (non-hydrogen) atoms. The molecule has 0 aromatic carbocycles. The summed E-state index contributed by atoms with van der Waals surface area (Å²) >= 11 is 1.27. The molecule has 1 heterocycles. The summed E-state index contributed by atoms with van der Waals surface area (Å²) in [6, 6.07) is 0. The van der Waals surface area contributed by atoms with Gasteiger partial charge in [0, 0.05) is 13.1 Å². The molecule has 1 aliphatic rings. The van der Waals surface area contributed by atoms with E-state index < -0.39 is 5.97 Å². The summed E-state index contributed by atoms with van der Waals surface area (Å²) in [4.78, 5) is 13.8. The minimum Gasteiger partial charge on any atom is -0.465 e. The monoisotopic (exact) mass is 255 g/mol. The van der Waals surface area contributed by atoms with E-state index in [9.17, 15) is 4.79 Å². The van der Waals surface area contributed by atoms with Crippen molar-refractivity contribution in [3.05, 3.63) is 5.56 Å². The minimum atomic E-state index is -0.402. The summed E-state index contributed by atoms with van der Waals surface area (Å²) in [5.41, 5.74) is 6.15. The number of rotatable bonds is 5. The van der Waals surface area contributed by atoms with Gasteiger partial charge in [-0.05, 0) is 37.2 Å². The molecule has 6 heteroatoms. The first-order chi connectivity index (χ1) is 8.17. The molecule has 1 aliphatic carbocycles. The van der Waals surface area contributed by atoms with E-state index >= 15 is 0 Å². The molecule has 1 aromatic rings. The number of methoxy groups -OCH3 is 1. The molecule has 1 saturated carbocycles. The number of hydrogen-bond acceptors (Lipinski definition) is 6. The average molecular weight is 255 g/mol. The van der Waals surface area contributed by atoms with Crippen molar-refractivity contribution in [2.75, 3.05) is 30.8 Å². The number of nitrogens with two attached hydrogens (primary N) is 1. The maximum atomic E-state index is 11.7. The molecule has 0 bridgehead atoms. The average Bonchev–Trinajstić information content (AvgIpc) is 3.07. The van der Waals surface area contributed by atoms with Gasteiger partial charge in [-0.25, -0.2) is 4.79 Å². The van der Waals surface area contributed by atoms with Crippen LogP contribution < -0.4 is 10.6 Å². The van der Waals surface area contributed by atoms with E-state index in [1.54, 1.807) is 0 Å². The zero-order valence-electron chi connectivity index (χ0n) is 10.1. The summed E-state index contributed by atoms with van der Waals surface area (Å²) in [5.74, 6) is 0.621. The second-order valence-electron chi connectivity index (χ2n) is 4.22. The fraction of sp³-hybridized carbons (Fsp3) is 0.636. The highest BCUT2D eigenvalue weighted by Gasteiger charge is 2.28. The number of ether oxygens (including phenoxy) is 1. The fourth-order valence-electron chi connectivity index (χ4n) is 1.77. The van der Waals surface area contributed by atoms with Gasteiger partial charge in [-0.3, -0.25) is 0 Å². The first-order valence-electron chi connectivity index (χ1n) is 5.75. The Morgan fingerprint density at radius 3 is 2.88 bits per heavy atom. The molecule has 0 radical (unpaired) electrons. The lowest BCUT2D eigenvalue weighted by atomic mass is 10.2. The van der Waals surface area contributed by atoms with Crippen LogP contribution in [0.15, 0.2) is 0 Å². The van der Waals surface area contributed by atoms with E-state index in [2.05, 4.69) is 16.2 Å². The highest BCUT2D eigenvalue weighted by atomic mass is 32.1. The van der Waals surface area contributed by atoms with Gasteiger partial charge in [0.05, 0.1) is 7.11 Å². The Labute approximate surface area is 105 Å². The van der Waals surface area contributed by atoms with Crippen LogP contribution in [0.2, 0.25) is 0 Å². The Bertz CT molecular complexity index is 415. The van der Waals surface area contributed by atoms with Crippen LogP contribution in [0.1, 0.15) is 30.1 Å². The molecule has 5 nitrogen and oxygen atoms in total. The molecule has 0 aliphatic heterocycles. The third kappa shape index (κ3) is 2.52. The maximum absolute atomic E-state index is 11.7. The van der Waals surface area contributed by atoms with E-state index in [4.69, 9.17) is 10.5 Å². The lowest BCUT2D eigenvalue weighted by molar-refractivity contribution is 0.0603. The maximum Gasteiger partial charge on any atom is 0.344 e. The summed E-state index contributed by atoms with van der Waals surface area (Å²) in [5, 5.41) is 0.837. The zero-order chi connectivity index (χ0) is 12.4. The third-order valence-corrected chi connectivity index (χ3v) is 3.86. The van der Waals surface area contributed by atoms with Crippen molar-refractivity contribution in [3.8, 4) is 0 Å². The third-order valence-electron chi connectivity index (χ3n) is 2.93. The van der Waals surface area contributed by atoms with E-state index in [1.165, 1.54) is 31.5 Å². The van der Waals surface area contributed by atoms with Crippen LogP contribution in [-0.4, -0.2) is 30.5 Å². The Kier molecular flexibility index (Phi) is 3.51. The van der Waals surface area contributed by atoms with E-state index in [0.717, 1.165) is 24.0 Å². The number of carbonyl (C=O) groups is 1. The predicted molar refractivity (Wildman–Crippen MR) is 68.5 cm³/mol. The van der Waals surface area contributed by atoms with Gasteiger partial charge in [-0.15, -0.1) is 0 Å². The standard InChI is InChI=1S/C11H17N3O2S/c1-3-14(6-7-4-5-7)10-8(11(15)16-2)9(12)13-17-10/h7H,3-6H2,1-2H3,(H2,12,13). The molecule has 1 aromatic heterocycles. The number of aromatic nitrogens is 1. The van der Waals surface area contributed by atoms with E-state index in [-0.39, 0.29) is 5.82 Å². The van der Waals surface area contributed by atoms with Crippen molar-refractivity contribution in [2.45, 2.75) is 19.8 Å². The molecule has 1 fully saturated rings. The lowest BCUT2D eigenvalue weighted by Crippen LogP contribution is -2.26. The Balaban J connectivity index is 2.25. The van der Waals surface area contributed by atoms with Crippen LogP contribution in [0.4, 0.5) is 10.8 Å². The van der Waals surface area contributed by atoms with Crippen LogP contribution in [0.3, 0.4) is 0 Å². The molecule has 2 rings (SSSR count). The van der Waals surface area contributed by atoms with Gasteiger partial charge >= 0.3 is 5.97 Å². The van der Waals surface area contributed by atoms with Gasteiger partial charge in [0.1, 0.15) is 10.6 Å². The molecule has 0 spiro atoms. The summed E-state index contributed by atoms with van der Waals surface area (Å²) in [6.07, 6.45) is 2.55. The molecule has 0 atom stereocenters. The van der Waals surface area contributed by atoms with Crippen LogP contribution in [-0.2, 0) is 4.74 Å². The molecule has 0 saturated heterocycles. The highest BCUT2D eigenvalue weighted by molar-refractivity contribution is 7.11. The second-order valence-corrected chi connectivity index (χ2v) is 4.97. The van der Waals surface area contributed by atoms with Crippen molar-refractivity contribution in [1.82, 2.24) is 4.37 Å². The van der Waals surface area contributed by atoms with Gasteiger partial charge in [0.25, 0.3) is 0 Å². The van der Waals surface area contributed by atoms with Crippen molar-refractivity contribution >= 4 is 28.3 Å². The van der Waals surface area contributed by atoms with E-state index in [1.807, 2.05) is 0 Å². The van der Waals surface area contributed by atoms with Crippen molar-refractivity contribution < 1.29 is 9.53 Å². The molecule has 2 N–H and O–H groups in total. The molecular weight excluding hydrogens is 238 g/mol. The smallest absolute Gasteiger partial charge is 0.344 e. The first kappa shape index (κ1) is 12.2. The van der Waals surface area contributed by atoms with Crippen LogP contribution in [0.5, 0.6) is 0 Å². The molecule has 0 unspecified atom stereocenters. The largest absolute Gasteiger partial charge is 0.465 e. The van der Waals surface area contributed by atoms with Crippen molar-refractivity contribution in [3.63, 3.8) is 0 Å². The van der Waals surface area contributed by atoms with Crippen LogP contribution in [0.25, 0.3) is 0 Å². The van der Waals surface area contributed by atoms with Crippen molar-refractivity contribution in [2.24, 2.45) is 5.92 Å². The number of anilines is 2. The molecule has 0 amide bonds. The minimum absolute atomic E-state index is 0.270. The van der Waals surface area contributed by atoms with Gasteiger partial charge < -0.3 is 15.4 Å². The van der Waals surface area contributed by atoms with Crippen LogP contribution in [0, 0.1) is 5.92 Å². The van der Waals surface area contributed by atoms with Crippen molar-refractivity contribution in [1.29, 1.82) is 0 Å². The second kappa shape index (κ2) is 4.91. The van der Waals surface area contributed by atoms with Gasteiger partial charge in [-0.1, -0.05) is 0 Å². The van der Waals surface area contributed by atoms with E-state index in [0.29, 0.717) is 5.56 Å². The predicted octanol–water partition coefficient (Wildman–Crippen LogP) is 1.75. The Hall–Kier alpha value is -1.30. The quantitative estimate of drug-likeness (QED) is 0.812. The topological polar surface area (TPSA) is 68.5 Å². The van der Waals surface area contributed by atoms with Gasteiger partial charge in [0.2, 0.25) is 0 Å².